The second-order valence-electron chi connectivity index (χ2n) is 4.81. The van der Waals surface area contributed by atoms with Gasteiger partial charge in [-0.05, 0) is 30.5 Å². The quantitative estimate of drug-likeness (QED) is 0.745. The lowest BCUT2D eigenvalue weighted by Gasteiger charge is -2.16. The minimum atomic E-state index is 0.230. The molecule has 2 nitrogen and oxygen atoms in total. The van der Waals surface area contributed by atoms with Crippen LogP contribution >= 0.6 is 27.5 Å². The Hall–Kier alpha value is -0.0900. The Morgan fingerprint density at radius 1 is 1.33 bits per heavy atom. The Morgan fingerprint density at radius 2 is 2.06 bits per heavy atom. The van der Waals surface area contributed by atoms with Crippen LogP contribution in [-0.4, -0.2) is 19.8 Å². The lowest BCUT2D eigenvalue weighted by molar-refractivity contribution is 0.110. The van der Waals surface area contributed by atoms with Crippen LogP contribution in [0.2, 0.25) is 5.02 Å². The van der Waals surface area contributed by atoms with Crippen LogP contribution in [0.25, 0.3) is 0 Å². The third kappa shape index (κ3) is 5.70. The van der Waals surface area contributed by atoms with E-state index in [2.05, 4.69) is 42.0 Å². The third-order valence-corrected chi connectivity index (χ3v) is 3.40. The second kappa shape index (κ2) is 8.16. The maximum Gasteiger partial charge on any atom is 0.0591 e. The van der Waals surface area contributed by atoms with E-state index in [1.54, 1.807) is 0 Å². The van der Waals surface area contributed by atoms with E-state index in [4.69, 9.17) is 16.3 Å². The van der Waals surface area contributed by atoms with Crippen LogP contribution in [0.4, 0.5) is 0 Å². The molecule has 102 valence electrons. The van der Waals surface area contributed by atoms with Crippen molar-refractivity contribution in [3.63, 3.8) is 0 Å². The molecule has 0 spiro atoms. The Balaban J connectivity index is 2.34. The maximum absolute atomic E-state index is 6.20. The van der Waals surface area contributed by atoms with Gasteiger partial charge >= 0.3 is 0 Å². The molecular formula is C14H21BrClNO. The summed E-state index contributed by atoms with van der Waals surface area (Å²) >= 11 is 9.61. The van der Waals surface area contributed by atoms with Crippen LogP contribution in [0.3, 0.4) is 0 Å². The van der Waals surface area contributed by atoms with Gasteiger partial charge in [-0.15, -0.1) is 0 Å². The zero-order valence-electron chi connectivity index (χ0n) is 11.2. The van der Waals surface area contributed by atoms with Gasteiger partial charge in [0.05, 0.1) is 6.61 Å². The summed E-state index contributed by atoms with van der Waals surface area (Å²) in [5.74, 6) is 0.586. The first kappa shape index (κ1) is 16.0. The third-order valence-electron chi connectivity index (χ3n) is 2.58. The molecule has 1 aromatic carbocycles. The fourth-order valence-corrected chi connectivity index (χ4v) is 2.47. The van der Waals surface area contributed by atoms with Crippen LogP contribution in [0, 0.1) is 5.92 Å². The van der Waals surface area contributed by atoms with Crippen molar-refractivity contribution in [2.75, 3.05) is 19.8 Å². The van der Waals surface area contributed by atoms with Gasteiger partial charge in [0.25, 0.3) is 0 Å². The summed E-state index contributed by atoms with van der Waals surface area (Å²) in [6, 6.07) is 6.20. The van der Waals surface area contributed by atoms with Crippen LogP contribution in [0.15, 0.2) is 22.7 Å². The van der Waals surface area contributed by atoms with E-state index in [1.165, 1.54) is 0 Å². The van der Waals surface area contributed by atoms with E-state index >= 15 is 0 Å². The standard InChI is InChI=1S/C14H21BrClNO/c1-10(2)9-18-7-6-17-11(3)13-5-4-12(15)8-14(13)16/h4-5,8,10-11,17H,6-7,9H2,1-3H3. The smallest absolute Gasteiger partial charge is 0.0591 e. The number of halogens is 2. The van der Waals surface area contributed by atoms with E-state index in [1.807, 2.05) is 18.2 Å². The number of benzene rings is 1. The Morgan fingerprint density at radius 3 is 2.67 bits per heavy atom. The molecule has 0 aliphatic rings. The summed E-state index contributed by atoms with van der Waals surface area (Å²) in [5, 5.41) is 4.19. The highest BCUT2D eigenvalue weighted by molar-refractivity contribution is 9.10. The average Bonchev–Trinajstić information content (AvgIpc) is 2.27. The van der Waals surface area contributed by atoms with Crippen LogP contribution < -0.4 is 5.32 Å². The number of ether oxygens (including phenoxy) is 1. The molecule has 1 N–H and O–H groups in total. The second-order valence-corrected chi connectivity index (χ2v) is 6.13. The minimum absolute atomic E-state index is 0.230. The molecule has 0 aromatic heterocycles. The minimum Gasteiger partial charge on any atom is -0.380 e. The van der Waals surface area contributed by atoms with Crippen molar-refractivity contribution < 1.29 is 4.74 Å². The number of nitrogens with one attached hydrogen (secondary N) is 1. The molecule has 1 rings (SSSR count). The zero-order valence-corrected chi connectivity index (χ0v) is 13.5. The topological polar surface area (TPSA) is 21.3 Å². The molecule has 0 aliphatic carbocycles. The fraction of sp³-hybridized carbons (Fsp3) is 0.571. The number of rotatable bonds is 7. The summed E-state index contributed by atoms with van der Waals surface area (Å²) in [6.07, 6.45) is 0. The molecule has 0 radical (unpaired) electrons. The van der Waals surface area contributed by atoms with Gasteiger partial charge in [0.2, 0.25) is 0 Å². The molecular weight excluding hydrogens is 314 g/mol. The SMILES string of the molecule is CC(C)COCCNC(C)c1ccc(Br)cc1Cl. The van der Waals surface area contributed by atoms with Gasteiger partial charge in [-0.25, -0.2) is 0 Å². The largest absolute Gasteiger partial charge is 0.380 e. The van der Waals surface area contributed by atoms with Crippen molar-refractivity contribution in [1.29, 1.82) is 0 Å². The lowest BCUT2D eigenvalue weighted by atomic mass is 10.1. The number of hydrogen-bond acceptors (Lipinski definition) is 2. The molecule has 0 bridgehead atoms. The highest BCUT2D eigenvalue weighted by Crippen LogP contribution is 2.26. The Bertz CT molecular complexity index is 371. The van der Waals surface area contributed by atoms with Gasteiger partial charge in [-0.2, -0.15) is 0 Å². The van der Waals surface area contributed by atoms with Crippen LogP contribution in [-0.2, 0) is 4.74 Å². The van der Waals surface area contributed by atoms with Crippen molar-refractivity contribution >= 4 is 27.5 Å². The van der Waals surface area contributed by atoms with E-state index in [-0.39, 0.29) is 6.04 Å². The van der Waals surface area contributed by atoms with Gasteiger partial charge in [0.1, 0.15) is 0 Å². The van der Waals surface area contributed by atoms with Gasteiger partial charge in [-0.1, -0.05) is 47.4 Å². The lowest BCUT2D eigenvalue weighted by Crippen LogP contribution is -2.24. The summed E-state index contributed by atoms with van der Waals surface area (Å²) in [7, 11) is 0. The fourth-order valence-electron chi connectivity index (χ4n) is 1.63. The van der Waals surface area contributed by atoms with Crippen LogP contribution in [0.1, 0.15) is 32.4 Å². The van der Waals surface area contributed by atoms with Crippen molar-refractivity contribution in [3.05, 3.63) is 33.3 Å². The summed E-state index contributed by atoms with van der Waals surface area (Å²) in [5.41, 5.74) is 1.11. The first-order chi connectivity index (χ1) is 8.50. The Kier molecular flexibility index (Phi) is 7.23. The first-order valence-electron chi connectivity index (χ1n) is 6.26. The molecule has 0 aliphatic heterocycles. The summed E-state index contributed by atoms with van der Waals surface area (Å²) in [4.78, 5) is 0. The van der Waals surface area contributed by atoms with E-state index in [0.717, 1.165) is 34.8 Å². The summed E-state index contributed by atoms with van der Waals surface area (Å²) < 4.78 is 6.53. The Labute approximate surface area is 123 Å². The molecule has 0 saturated heterocycles. The van der Waals surface area contributed by atoms with E-state index in [0.29, 0.717) is 5.92 Å². The van der Waals surface area contributed by atoms with Gasteiger partial charge in [-0.3, -0.25) is 0 Å². The van der Waals surface area contributed by atoms with Crippen molar-refractivity contribution in [3.8, 4) is 0 Å². The predicted octanol–water partition coefficient (Wildman–Crippen LogP) is 4.43. The van der Waals surface area contributed by atoms with Gasteiger partial charge in [0.15, 0.2) is 0 Å². The van der Waals surface area contributed by atoms with Crippen molar-refractivity contribution in [2.24, 2.45) is 5.92 Å². The highest BCUT2D eigenvalue weighted by Gasteiger charge is 2.09. The van der Waals surface area contributed by atoms with Gasteiger partial charge < -0.3 is 10.1 Å². The van der Waals surface area contributed by atoms with Crippen molar-refractivity contribution in [1.82, 2.24) is 5.32 Å². The number of hydrogen-bond donors (Lipinski definition) is 1. The van der Waals surface area contributed by atoms with Crippen molar-refractivity contribution in [2.45, 2.75) is 26.8 Å². The van der Waals surface area contributed by atoms with Crippen LogP contribution in [0.5, 0.6) is 0 Å². The first-order valence-corrected chi connectivity index (χ1v) is 7.44. The zero-order chi connectivity index (χ0) is 13.5. The molecule has 0 amide bonds. The molecule has 1 aromatic rings. The summed E-state index contributed by atoms with van der Waals surface area (Å²) in [6.45, 7) is 8.79. The molecule has 1 atom stereocenters. The molecule has 18 heavy (non-hydrogen) atoms. The predicted molar refractivity (Wildman–Crippen MR) is 81.2 cm³/mol. The van der Waals surface area contributed by atoms with Gasteiger partial charge in [0, 0.05) is 28.7 Å². The molecule has 0 fully saturated rings. The van der Waals surface area contributed by atoms with E-state index < -0.39 is 0 Å². The molecule has 0 heterocycles. The molecule has 0 saturated carbocycles. The van der Waals surface area contributed by atoms with E-state index in [9.17, 15) is 0 Å². The monoisotopic (exact) mass is 333 g/mol. The average molecular weight is 335 g/mol. The molecule has 1 unspecified atom stereocenters. The highest BCUT2D eigenvalue weighted by atomic mass is 79.9. The maximum atomic E-state index is 6.20. The molecule has 4 heteroatoms. The normalized spacial score (nSPS) is 13.0.